The Balaban J connectivity index is 3.93. The summed E-state index contributed by atoms with van der Waals surface area (Å²) in [5, 5.41) is 11.0. The molecule has 1 amide bonds. The lowest BCUT2D eigenvalue weighted by Gasteiger charge is -1.99. The van der Waals surface area contributed by atoms with Gasteiger partial charge in [0.15, 0.2) is 0 Å². The van der Waals surface area contributed by atoms with Crippen LogP contribution in [0.2, 0.25) is 0 Å². The van der Waals surface area contributed by atoms with Crippen molar-refractivity contribution in [2.24, 2.45) is 9.98 Å². The first kappa shape index (κ1) is 15.0. The summed E-state index contributed by atoms with van der Waals surface area (Å²) in [6.45, 7) is 0.343. The molecule has 0 spiro atoms. The number of aliphatic carboxylic acids is 1. The number of carbonyl (C=O) groups excluding carboxylic acids is 1. The summed E-state index contributed by atoms with van der Waals surface area (Å²) in [5.41, 5.74) is 0.591. The Kier molecular flexibility index (Phi) is 8.18. The third-order valence-electron chi connectivity index (χ3n) is 1.79. The molecule has 0 fully saturated rings. The quantitative estimate of drug-likeness (QED) is 0.380. The molecule has 6 heteroatoms. The molecule has 0 aliphatic heterocycles. The van der Waals surface area contributed by atoms with E-state index >= 15 is 0 Å². The van der Waals surface area contributed by atoms with Crippen LogP contribution in [0.5, 0.6) is 0 Å². The molecule has 0 aliphatic rings. The van der Waals surface area contributed by atoms with Crippen molar-refractivity contribution in [1.82, 2.24) is 5.32 Å². The van der Waals surface area contributed by atoms with Crippen LogP contribution in [0.15, 0.2) is 22.1 Å². The molecule has 0 saturated carbocycles. The first-order valence-corrected chi connectivity index (χ1v) is 5.16. The molecule has 0 aromatic carbocycles. The van der Waals surface area contributed by atoms with Gasteiger partial charge >= 0.3 is 5.97 Å². The van der Waals surface area contributed by atoms with Gasteiger partial charge in [0.1, 0.15) is 0 Å². The highest BCUT2D eigenvalue weighted by Crippen LogP contribution is 1.86. The summed E-state index contributed by atoms with van der Waals surface area (Å²) in [5.74, 6) is -1.14. The molecular formula is C11H17N3O3. The Hall–Kier alpha value is -1.98. The van der Waals surface area contributed by atoms with E-state index in [1.807, 2.05) is 0 Å². The van der Waals surface area contributed by atoms with Crippen molar-refractivity contribution in [1.29, 1.82) is 0 Å². The van der Waals surface area contributed by atoms with E-state index in [9.17, 15) is 9.59 Å². The second kappa shape index (κ2) is 9.26. The Bertz CT molecular complexity index is 346. The fourth-order valence-electron chi connectivity index (χ4n) is 0.979. The SMILES string of the molecule is CN=CC(/C=C/C(=O)NCCCC(=O)O)=NC. The first-order valence-electron chi connectivity index (χ1n) is 5.16. The van der Waals surface area contributed by atoms with E-state index in [0.717, 1.165) is 0 Å². The van der Waals surface area contributed by atoms with Crippen LogP contribution in [0.3, 0.4) is 0 Å². The van der Waals surface area contributed by atoms with Crippen LogP contribution in [-0.4, -0.2) is 49.5 Å². The average Bonchev–Trinajstić information content (AvgIpc) is 2.29. The van der Waals surface area contributed by atoms with Crippen LogP contribution in [-0.2, 0) is 9.59 Å². The number of hydrogen-bond donors (Lipinski definition) is 2. The van der Waals surface area contributed by atoms with Gasteiger partial charge in [-0.1, -0.05) is 0 Å². The minimum absolute atomic E-state index is 0.0498. The first-order chi connectivity index (χ1) is 8.10. The molecule has 0 rings (SSSR count). The molecule has 0 atom stereocenters. The predicted molar refractivity (Wildman–Crippen MR) is 66.8 cm³/mol. The van der Waals surface area contributed by atoms with E-state index in [1.165, 1.54) is 12.3 Å². The molecule has 2 N–H and O–H groups in total. The molecule has 0 aromatic heterocycles. The highest BCUT2D eigenvalue weighted by Gasteiger charge is 1.98. The summed E-state index contributed by atoms with van der Waals surface area (Å²) in [6.07, 6.45) is 4.88. The van der Waals surface area contributed by atoms with E-state index in [0.29, 0.717) is 18.7 Å². The number of carbonyl (C=O) groups is 2. The standard InChI is InChI=1S/C11H17N3O3/c1-12-8-9(13-2)5-6-10(15)14-7-3-4-11(16)17/h5-6,8H,3-4,7H2,1-2H3,(H,14,15)(H,16,17)/b6-5+,12-8?,13-9?. The van der Waals surface area contributed by atoms with Crippen LogP contribution < -0.4 is 5.32 Å². The predicted octanol–water partition coefficient (Wildman–Crippen LogP) is 0.295. The van der Waals surface area contributed by atoms with E-state index in [4.69, 9.17) is 5.11 Å². The number of hydrogen-bond acceptors (Lipinski definition) is 4. The molecule has 0 aromatic rings. The Morgan fingerprint density at radius 1 is 1.29 bits per heavy atom. The number of nitrogens with zero attached hydrogens (tertiary/aromatic N) is 2. The monoisotopic (exact) mass is 239 g/mol. The van der Waals surface area contributed by atoms with Gasteiger partial charge in [-0.15, -0.1) is 0 Å². The number of rotatable bonds is 7. The zero-order valence-corrected chi connectivity index (χ0v) is 10.0. The Morgan fingerprint density at radius 3 is 2.53 bits per heavy atom. The van der Waals surface area contributed by atoms with E-state index in [2.05, 4.69) is 15.3 Å². The largest absolute Gasteiger partial charge is 0.481 e. The number of aliphatic imine (C=N–C) groups is 2. The lowest BCUT2D eigenvalue weighted by Crippen LogP contribution is -2.23. The number of carboxylic acids is 1. The maximum atomic E-state index is 11.3. The molecule has 0 unspecified atom stereocenters. The molecule has 0 bridgehead atoms. The smallest absolute Gasteiger partial charge is 0.303 e. The number of allylic oxidation sites excluding steroid dienone is 1. The van der Waals surface area contributed by atoms with Crippen LogP contribution in [0.1, 0.15) is 12.8 Å². The van der Waals surface area contributed by atoms with Crippen molar-refractivity contribution in [3.63, 3.8) is 0 Å². The summed E-state index contributed by atoms with van der Waals surface area (Å²) in [7, 11) is 3.22. The van der Waals surface area contributed by atoms with Crippen molar-refractivity contribution in [2.45, 2.75) is 12.8 Å². The van der Waals surface area contributed by atoms with Crippen LogP contribution in [0.4, 0.5) is 0 Å². The molecular weight excluding hydrogens is 222 g/mol. The third kappa shape index (κ3) is 8.98. The van der Waals surface area contributed by atoms with Gasteiger partial charge in [0.25, 0.3) is 0 Å². The maximum absolute atomic E-state index is 11.3. The molecule has 6 nitrogen and oxygen atoms in total. The molecule has 94 valence electrons. The fraction of sp³-hybridized carbons (Fsp3) is 0.455. The number of nitrogens with one attached hydrogen (secondary N) is 1. The van der Waals surface area contributed by atoms with E-state index in [1.54, 1.807) is 20.2 Å². The van der Waals surface area contributed by atoms with Gasteiger partial charge in [0.05, 0.1) is 5.71 Å². The van der Waals surface area contributed by atoms with Gasteiger partial charge in [-0.3, -0.25) is 19.6 Å². The van der Waals surface area contributed by atoms with Gasteiger partial charge < -0.3 is 10.4 Å². The lowest BCUT2D eigenvalue weighted by atomic mass is 10.3. The van der Waals surface area contributed by atoms with Gasteiger partial charge in [-0.25, -0.2) is 0 Å². The molecule has 0 radical (unpaired) electrons. The third-order valence-corrected chi connectivity index (χ3v) is 1.79. The Labute approximate surface area is 100 Å². The average molecular weight is 239 g/mol. The summed E-state index contributed by atoms with van der Waals surface area (Å²) in [6, 6.07) is 0. The van der Waals surface area contributed by atoms with Crippen LogP contribution >= 0.6 is 0 Å². The van der Waals surface area contributed by atoms with Crippen molar-refractivity contribution in [3.8, 4) is 0 Å². The zero-order valence-electron chi connectivity index (χ0n) is 10.0. The van der Waals surface area contributed by atoms with Crippen molar-refractivity contribution >= 4 is 23.8 Å². The number of amides is 1. The van der Waals surface area contributed by atoms with Crippen molar-refractivity contribution in [2.75, 3.05) is 20.6 Å². The second-order valence-corrected chi connectivity index (χ2v) is 3.16. The van der Waals surface area contributed by atoms with E-state index in [-0.39, 0.29) is 12.3 Å². The van der Waals surface area contributed by atoms with Gasteiger partial charge in [-0.05, 0) is 12.5 Å². The lowest BCUT2D eigenvalue weighted by molar-refractivity contribution is -0.137. The normalized spacial score (nSPS) is 12.2. The minimum Gasteiger partial charge on any atom is -0.481 e. The van der Waals surface area contributed by atoms with E-state index < -0.39 is 5.97 Å². The highest BCUT2D eigenvalue weighted by molar-refractivity contribution is 6.36. The zero-order chi connectivity index (χ0) is 13.1. The second-order valence-electron chi connectivity index (χ2n) is 3.16. The van der Waals surface area contributed by atoms with Crippen molar-refractivity contribution < 1.29 is 14.7 Å². The van der Waals surface area contributed by atoms with Crippen molar-refractivity contribution in [3.05, 3.63) is 12.2 Å². The summed E-state index contributed by atoms with van der Waals surface area (Å²) in [4.78, 5) is 29.1. The molecule has 0 heterocycles. The fourth-order valence-corrected chi connectivity index (χ4v) is 0.979. The topological polar surface area (TPSA) is 91.1 Å². The molecule has 17 heavy (non-hydrogen) atoms. The summed E-state index contributed by atoms with van der Waals surface area (Å²) < 4.78 is 0. The van der Waals surface area contributed by atoms with Crippen LogP contribution in [0, 0.1) is 0 Å². The maximum Gasteiger partial charge on any atom is 0.303 e. The highest BCUT2D eigenvalue weighted by atomic mass is 16.4. The molecule has 0 saturated heterocycles. The summed E-state index contributed by atoms with van der Waals surface area (Å²) >= 11 is 0. The van der Waals surface area contributed by atoms with Crippen LogP contribution in [0.25, 0.3) is 0 Å². The van der Waals surface area contributed by atoms with Gasteiger partial charge in [-0.2, -0.15) is 0 Å². The van der Waals surface area contributed by atoms with Gasteiger partial charge in [0.2, 0.25) is 5.91 Å². The minimum atomic E-state index is -0.866. The number of carboxylic acid groups (broad SMARTS) is 1. The molecule has 0 aliphatic carbocycles. The van der Waals surface area contributed by atoms with Gasteiger partial charge in [0, 0.05) is 39.4 Å². The Morgan fingerprint density at radius 2 is 2.00 bits per heavy atom.